The van der Waals surface area contributed by atoms with E-state index in [1.165, 1.54) is 4.90 Å². The Morgan fingerprint density at radius 2 is 1.66 bits per heavy atom. The smallest absolute Gasteiger partial charge is 0.244 e. The van der Waals surface area contributed by atoms with Gasteiger partial charge in [-0.3, -0.25) is 13.9 Å². The van der Waals surface area contributed by atoms with Crippen LogP contribution in [-0.4, -0.2) is 50.5 Å². The highest BCUT2D eigenvalue weighted by atomic mass is 35.5. The van der Waals surface area contributed by atoms with Crippen LogP contribution in [0.3, 0.4) is 0 Å². The highest BCUT2D eigenvalue weighted by Gasteiger charge is 2.32. The molecule has 1 atom stereocenters. The van der Waals surface area contributed by atoms with E-state index in [0.29, 0.717) is 29.2 Å². The van der Waals surface area contributed by atoms with Crippen LogP contribution in [-0.2, 0) is 26.2 Å². The number of halogens is 1. The minimum atomic E-state index is -3.77. The molecule has 0 spiro atoms. The van der Waals surface area contributed by atoms with E-state index in [4.69, 9.17) is 11.6 Å². The summed E-state index contributed by atoms with van der Waals surface area (Å²) in [5, 5.41) is 3.32. The molecule has 1 N–H and O–H groups in total. The lowest BCUT2D eigenvalue weighted by molar-refractivity contribution is -0.140. The molecule has 0 aliphatic rings. The van der Waals surface area contributed by atoms with E-state index < -0.39 is 28.5 Å². The normalized spacial score (nSPS) is 12.3. The van der Waals surface area contributed by atoms with Crippen molar-refractivity contribution in [1.29, 1.82) is 0 Å². The molecule has 2 aromatic carbocycles. The van der Waals surface area contributed by atoms with E-state index in [9.17, 15) is 18.0 Å². The molecular formula is C26H36ClN3O4S. The van der Waals surface area contributed by atoms with Crippen molar-refractivity contribution in [2.45, 2.75) is 59.0 Å². The van der Waals surface area contributed by atoms with Gasteiger partial charge in [-0.25, -0.2) is 8.42 Å². The summed E-state index contributed by atoms with van der Waals surface area (Å²) >= 11 is 6.35. The van der Waals surface area contributed by atoms with Crippen molar-refractivity contribution in [3.63, 3.8) is 0 Å². The summed E-state index contributed by atoms with van der Waals surface area (Å²) in [4.78, 5) is 28.0. The lowest BCUT2D eigenvalue weighted by Gasteiger charge is -2.33. The van der Waals surface area contributed by atoms with Gasteiger partial charge in [-0.1, -0.05) is 69.6 Å². The molecular weight excluding hydrogens is 486 g/mol. The topological polar surface area (TPSA) is 86.8 Å². The summed E-state index contributed by atoms with van der Waals surface area (Å²) in [6, 6.07) is 13.5. The molecule has 0 unspecified atom stereocenters. The maximum absolute atomic E-state index is 13.6. The fourth-order valence-electron chi connectivity index (χ4n) is 3.73. The monoisotopic (exact) mass is 521 g/mol. The minimum Gasteiger partial charge on any atom is -0.354 e. The zero-order chi connectivity index (χ0) is 26.2. The van der Waals surface area contributed by atoms with Gasteiger partial charge in [-0.2, -0.15) is 0 Å². The third-order valence-electron chi connectivity index (χ3n) is 5.76. The third kappa shape index (κ3) is 7.97. The molecule has 9 heteroatoms. The van der Waals surface area contributed by atoms with Crippen molar-refractivity contribution in [3.05, 3.63) is 64.7 Å². The number of nitrogens with zero attached hydrogens (tertiary/aromatic N) is 2. The number of sulfonamides is 1. The Hall–Kier alpha value is -2.58. The number of benzene rings is 2. The van der Waals surface area contributed by atoms with Crippen molar-refractivity contribution in [3.8, 4) is 0 Å². The quantitative estimate of drug-likeness (QED) is 0.443. The summed E-state index contributed by atoms with van der Waals surface area (Å²) < 4.78 is 26.5. The highest BCUT2D eigenvalue weighted by Crippen LogP contribution is 2.24. The molecule has 0 radical (unpaired) electrons. The van der Waals surface area contributed by atoms with Crippen LogP contribution in [0.4, 0.5) is 5.69 Å². The molecule has 35 heavy (non-hydrogen) atoms. The van der Waals surface area contributed by atoms with E-state index in [2.05, 4.69) is 5.32 Å². The molecule has 7 nitrogen and oxygen atoms in total. The van der Waals surface area contributed by atoms with Crippen LogP contribution in [0.2, 0.25) is 5.02 Å². The summed E-state index contributed by atoms with van der Waals surface area (Å²) in [6.45, 7) is 8.01. The first kappa shape index (κ1) is 28.7. The van der Waals surface area contributed by atoms with Crippen molar-refractivity contribution in [2.24, 2.45) is 0 Å². The molecule has 2 aromatic rings. The number of amides is 2. The van der Waals surface area contributed by atoms with Crippen molar-refractivity contribution < 1.29 is 18.0 Å². The van der Waals surface area contributed by atoms with E-state index in [0.717, 1.165) is 22.5 Å². The largest absolute Gasteiger partial charge is 0.354 e. The predicted octanol–water partition coefficient (Wildman–Crippen LogP) is 4.56. The average Bonchev–Trinajstić information content (AvgIpc) is 2.81. The number of carbonyl (C=O) groups is 2. The van der Waals surface area contributed by atoms with Gasteiger partial charge in [0.05, 0.1) is 11.9 Å². The van der Waals surface area contributed by atoms with Gasteiger partial charge in [0.25, 0.3) is 0 Å². The zero-order valence-electron chi connectivity index (χ0n) is 21.1. The minimum absolute atomic E-state index is 0.0838. The summed E-state index contributed by atoms with van der Waals surface area (Å²) in [5.74, 6) is -0.473. The first-order chi connectivity index (χ1) is 16.5. The Bertz CT molecular complexity index is 1100. The van der Waals surface area contributed by atoms with Crippen LogP contribution in [0.1, 0.15) is 57.6 Å². The molecule has 0 aliphatic heterocycles. The van der Waals surface area contributed by atoms with Gasteiger partial charge in [0, 0.05) is 18.1 Å². The second-order valence-electron chi connectivity index (χ2n) is 8.84. The number of hydrogen-bond acceptors (Lipinski definition) is 4. The molecule has 0 fully saturated rings. The van der Waals surface area contributed by atoms with Gasteiger partial charge < -0.3 is 10.2 Å². The summed E-state index contributed by atoms with van der Waals surface area (Å²) in [5.41, 5.74) is 2.13. The predicted molar refractivity (Wildman–Crippen MR) is 142 cm³/mol. The van der Waals surface area contributed by atoms with Crippen molar-refractivity contribution in [1.82, 2.24) is 10.2 Å². The second-order valence-corrected chi connectivity index (χ2v) is 11.2. The summed E-state index contributed by atoms with van der Waals surface area (Å²) in [7, 11) is -3.77. The standard InChI is InChI=1S/C26H36ClN3O4S/c1-6-16-28-26(32)24(7-2)29(17-21-10-8-9-11-23(21)27)25(31)18-30(35(5,33)34)22-14-12-20(13-15-22)19(3)4/h8-15,19,24H,6-7,16-18H2,1-5H3,(H,28,32)/t24-/m0/s1. The summed E-state index contributed by atoms with van der Waals surface area (Å²) in [6.07, 6.45) is 2.20. The lowest BCUT2D eigenvalue weighted by atomic mass is 10.0. The number of rotatable bonds is 12. The van der Waals surface area contributed by atoms with E-state index in [1.807, 2.05) is 39.8 Å². The number of nitrogens with one attached hydrogen (secondary N) is 1. The number of carbonyl (C=O) groups excluding carboxylic acids is 2. The molecule has 0 heterocycles. The van der Waals surface area contributed by atoms with Crippen molar-refractivity contribution in [2.75, 3.05) is 23.7 Å². The van der Waals surface area contributed by atoms with Crippen LogP contribution in [0.25, 0.3) is 0 Å². The Labute approximate surface area is 214 Å². The molecule has 2 amide bonds. The fraction of sp³-hybridized carbons (Fsp3) is 0.462. The van der Waals surface area contributed by atoms with Gasteiger partial charge in [-0.05, 0) is 48.1 Å². The Kier molecular flexibility index (Phi) is 10.6. The molecule has 192 valence electrons. The SMILES string of the molecule is CCCNC(=O)[C@H](CC)N(Cc1ccccc1Cl)C(=O)CN(c1ccc(C(C)C)cc1)S(C)(=O)=O. The van der Waals surface area contributed by atoms with Crippen LogP contribution >= 0.6 is 11.6 Å². The zero-order valence-corrected chi connectivity index (χ0v) is 22.7. The van der Waals surface area contributed by atoms with Crippen LogP contribution < -0.4 is 9.62 Å². The van der Waals surface area contributed by atoms with Gasteiger partial charge in [0.15, 0.2) is 0 Å². The number of anilines is 1. The average molecular weight is 522 g/mol. The lowest BCUT2D eigenvalue weighted by Crippen LogP contribution is -2.52. The molecule has 0 aromatic heterocycles. The van der Waals surface area contributed by atoms with E-state index in [1.54, 1.807) is 36.4 Å². The van der Waals surface area contributed by atoms with E-state index >= 15 is 0 Å². The Morgan fingerprint density at radius 1 is 1.03 bits per heavy atom. The first-order valence-corrected chi connectivity index (χ1v) is 14.1. The third-order valence-corrected chi connectivity index (χ3v) is 7.27. The molecule has 0 aliphatic carbocycles. The molecule has 0 bridgehead atoms. The van der Waals surface area contributed by atoms with Gasteiger partial charge in [-0.15, -0.1) is 0 Å². The maximum atomic E-state index is 13.6. The van der Waals surface area contributed by atoms with Crippen molar-refractivity contribution >= 4 is 39.1 Å². The fourth-order valence-corrected chi connectivity index (χ4v) is 4.78. The second kappa shape index (κ2) is 12.9. The van der Waals surface area contributed by atoms with Crippen LogP contribution in [0.15, 0.2) is 48.5 Å². The van der Waals surface area contributed by atoms with Crippen LogP contribution in [0.5, 0.6) is 0 Å². The molecule has 0 saturated carbocycles. The van der Waals surface area contributed by atoms with Gasteiger partial charge in [0.2, 0.25) is 21.8 Å². The van der Waals surface area contributed by atoms with Crippen LogP contribution in [0, 0.1) is 0 Å². The molecule has 0 saturated heterocycles. The Morgan fingerprint density at radius 3 is 2.17 bits per heavy atom. The van der Waals surface area contributed by atoms with Gasteiger partial charge in [0.1, 0.15) is 12.6 Å². The highest BCUT2D eigenvalue weighted by molar-refractivity contribution is 7.92. The number of hydrogen-bond donors (Lipinski definition) is 1. The Balaban J connectivity index is 2.43. The van der Waals surface area contributed by atoms with E-state index in [-0.39, 0.29) is 18.4 Å². The van der Waals surface area contributed by atoms with Gasteiger partial charge >= 0.3 is 0 Å². The first-order valence-electron chi connectivity index (χ1n) is 11.9. The maximum Gasteiger partial charge on any atom is 0.244 e. The molecule has 2 rings (SSSR count).